The van der Waals surface area contributed by atoms with Gasteiger partial charge in [0, 0.05) is 12.8 Å². The molecule has 0 aliphatic rings. The number of nitrogens with one attached hydrogen (secondary N) is 2. The minimum Gasteiger partial charge on any atom is -0.480 e. The Morgan fingerprint density at radius 3 is 1.52 bits per heavy atom. The van der Waals surface area contributed by atoms with Gasteiger partial charge >= 0.3 is 11.9 Å². The number of aliphatic hydroxyl groups excluding tert-OH is 1. The number of allylic oxidation sites excluding steroid dienone is 17. The first-order valence-corrected chi connectivity index (χ1v) is 23.3. The quantitative estimate of drug-likeness (QED) is 0.0273. The Hall–Kier alpha value is -4.50. The van der Waals surface area contributed by atoms with Crippen molar-refractivity contribution in [3.05, 3.63) is 109 Å². The molecule has 0 radical (unpaired) electrons. The van der Waals surface area contributed by atoms with Crippen molar-refractivity contribution < 1.29 is 34.1 Å². The second-order valence-corrected chi connectivity index (χ2v) is 15.1. The predicted molar refractivity (Wildman–Crippen MR) is 254 cm³/mol. The molecule has 0 heterocycles. The van der Waals surface area contributed by atoms with Gasteiger partial charge in [0.1, 0.15) is 12.1 Å². The smallest absolute Gasteiger partial charge is 0.328 e. The maximum absolute atomic E-state index is 12.8. The summed E-state index contributed by atoms with van der Waals surface area (Å²) in [6.45, 7) is 3.32. The zero-order valence-electron chi connectivity index (χ0n) is 37.9. The van der Waals surface area contributed by atoms with Crippen molar-refractivity contribution in [2.75, 3.05) is 13.2 Å². The summed E-state index contributed by atoms with van der Waals surface area (Å²) < 4.78 is 5.91. The topological polar surface area (TPSA) is 142 Å². The van der Waals surface area contributed by atoms with Crippen LogP contribution >= 0.6 is 0 Å². The molecule has 0 bridgehead atoms. The molecule has 0 aromatic heterocycles. The lowest BCUT2D eigenvalue weighted by atomic mass is 10.1. The van der Waals surface area contributed by atoms with E-state index in [9.17, 15) is 19.2 Å². The van der Waals surface area contributed by atoms with E-state index >= 15 is 0 Å². The lowest BCUT2D eigenvalue weighted by molar-refractivity contribution is -0.147. The Morgan fingerprint density at radius 2 is 1.00 bits per heavy atom. The molecule has 9 heteroatoms. The fourth-order valence-electron chi connectivity index (χ4n) is 5.95. The van der Waals surface area contributed by atoms with Crippen LogP contribution in [0.1, 0.15) is 168 Å². The van der Waals surface area contributed by atoms with Gasteiger partial charge in [-0.15, -0.1) is 0 Å². The minimum atomic E-state index is -1.39. The van der Waals surface area contributed by atoms with E-state index in [4.69, 9.17) is 14.9 Å². The molecule has 9 nitrogen and oxygen atoms in total. The maximum atomic E-state index is 12.8. The molecule has 4 N–H and O–H groups in total. The van der Waals surface area contributed by atoms with Gasteiger partial charge in [-0.25, -0.2) is 4.79 Å². The molecule has 0 aromatic carbocycles. The highest BCUT2D eigenvalue weighted by molar-refractivity contribution is 5.87. The van der Waals surface area contributed by atoms with Gasteiger partial charge in [-0.3, -0.25) is 14.4 Å². The van der Waals surface area contributed by atoms with Crippen LogP contribution in [0.4, 0.5) is 0 Å². The van der Waals surface area contributed by atoms with E-state index in [0.717, 1.165) is 109 Å². The number of amides is 2. The molecule has 0 rings (SSSR count). The van der Waals surface area contributed by atoms with Crippen molar-refractivity contribution in [2.24, 2.45) is 0 Å². The average molecular weight is 847 g/mol. The average Bonchev–Trinajstić information content (AvgIpc) is 3.25. The summed E-state index contributed by atoms with van der Waals surface area (Å²) in [6, 6.07) is -1.39. The fourth-order valence-corrected chi connectivity index (χ4v) is 5.95. The van der Waals surface area contributed by atoms with Crippen molar-refractivity contribution in [3.8, 4) is 0 Å². The van der Waals surface area contributed by atoms with Crippen molar-refractivity contribution in [1.29, 1.82) is 0 Å². The monoisotopic (exact) mass is 847 g/mol. The number of carboxylic acid groups (broad SMARTS) is 1. The summed E-state index contributed by atoms with van der Waals surface area (Å²) in [6.07, 6.45) is 61.4. The second kappa shape index (κ2) is 45.0. The highest BCUT2D eigenvalue weighted by Crippen LogP contribution is 2.14. The van der Waals surface area contributed by atoms with E-state index < -0.39 is 24.5 Å². The van der Waals surface area contributed by atoms with Gasteiger partial charge < -0.3 is 25.6 Å². The lowest BCUT2D eigenvalue weighted by Gasteiger charge is -2.14. The number of aliphatic carboxylic acids is 1. The Morgan fingerprint density at radius 1 is 0.525 bits per heavy atom. The summed E-state index contributed by atoms with van der Waals surface area (Å²) in [5, 5.41) is 22.5. The van der Waals surface area contributed by atoms with Gasteiger partial charge in [-0.1, -0.05) is 162 Å². The summed E-state index contributed by atoms with van der Waals surface area (Å²) in [4.78, 5) is 47.5. The number of carboxylic acids is 1. The third-order valence-electron chi connectivity index (χ3n) is 9.49. The standard InChI is InChI=1S/C52H82N2O7/c1-3-5-7-9-11-13-14-15-16-17-18-19-20-21-22-23-24-25-26-28-30-36-40-44-51(58)61-47(41-37-33-29-27-12-10-8-6-4-2)42-38-34-31-32-35-39-43-49(56)53-45-50(57)54-48(46-55)52(59)60/h5,7,11,13,15-16,18-19,21-22,24-25,27-30,37,41,47-48,55H,3-4,6,8-10,12,14,17,20,23,26,31-36,38-40,42-46H2,1-2H3,(H,53,56)(H,54,57)(H,59,60)/b7-5-,13-11-,16-15-,19-18-,22-21-,25-24-,29-27-,30-28-,41-37-. The highest BCUT2D eigenvalue weighted by Gasteiger charge is 2.18. The van der Waals surface area contributed by atoms with Crippen LogP contribution in [-0.2, 0) is 23.9 Å². The normalized spacial score (nSPS) is 13.5. The Labute approximate surface area is 370 Å². The van der Waals surface area contributed by atoms with Gasteiger partial charge in [0.15, 0.2) is 0 Å². The Balaban J connectivity index is 4.38. The van der Waals surface area contributed by atoms with Gasteiger partial charge in [0.05, 0.1) is 13.2 Å². The summed E-state index contributed by atoms with van der Waals surface area (Å²) in [5.74, 6) is -2.43. The second-order valence-electron chi connectivity index (χ2n) is 15.1. The summed E-state index contributed by atoms with van der Waals surface area (Å²) in [7, 11) is 0. The number of hydrogen-bond acceptors (Lipinski definition) is 6. The number of aliphatic hydroxyl groups is 1. The first-order chi connectivity index (χ1) is 29.8. The van der Waals surface area contributed by atoms with Gasteiger partial charge in [-0.2, -0.15) is 0 Å². The highest BCUT2D eigenvalue weighted by atomic mass is 16.5. The molecular formula is C52H82N2O7. The molecular weight excluding hydrogens is 765 g/mol. The number of ether oxygens (including phenoxy) is 1. The number of carbonyl (C=O) groups excluding carboxylic acids is 3. The predicted octanol–water partition coefficient (Wildman–Crippen LogP) is 12.0. The number of hydrogen-bond donors (Lipinski definition) is 4. The van der Waals surface area contributed by atoms with Gasteiger partial charge in [0.25, 0.3) is 0 Å². The van der Waals surface area contributed by atoms with Crippen LogP contribution in [0.5, 0.6) is 0 Å². The molecule has 0 saturated heterocycles. The van der Waals surface area contributed by atoms with E-state index in [1.807, 2.05) is 6.08 Å². The molecule has 2 atom stereocenters. The van der Waals surface area contributed by atoms with Crippen molar-refractivity contribution in [3.63, 3.8) is 0 Å². The van der Waals surface area contributed by atoms with Gasteiger partial charge in [0.2, 0.25) is 11.8 Å². The first-order valence-electron chi connectivity index (χ1n) is 23.3. The van der Waals surface area contributed by atoms with Gasteiger partial charge in [-0.05, 0) is 102 Å². The Kier molecular flexibility index (Phi) is 41.7. The molecule has 2 amide bonds. The molecule has 0 spiro atoms. The first kappa shape index (κ1) is 56.5. The van der Waals surface area contributed by atoms with Crippen LogP contribution in [-0.4, -0.2) is 59.3 Å². The van der Waals surface area contributed by atoms with Crippen LogP contribution in [0.25, 0.3) is 0 Å². The molecule has 0 fully saturated rings. The van der Waals surface area contributed by atoms with Crippen LogP contribution in [0.3, 0.4) is 0 Å². The van der Waals surface area contributed by atoms with Crippen LogP contribution in [0, 0.1) is 0 Å². The summed E-state index contributed by atoms with van der Waals surface area (Å²) in [5.41, 5.74) is 0. The van der Waals surface area contributed by atoms with Crippen molar-refractivity contribution in [1.82, 2.24) is 10.6 Å². The number of carbonyl (C=O) groups is 4. The van der Waals surface area contributed by atoms with E-state index in [0.29, 0.717) is 12.8 Å². The van der Waals surface area contributed by atoms with E-state index in [1.165, 1.54) is 25.7 Å². The van der Waals surface area contributed by atoms with E-state index in [1.54, 1.807) is 0 Å². The van der Waals surface area contributed by atoms with Crippen molar-refractivity contribution >= 4 is 23.8 Å². The number of esters is 1. The zero-order chi connectivity index (χ0) is 44.7. The molecule has 0 saturated carbocycles. The molecule has 0 aliphatic carbocycles. The third kappa shape index (κ3) is 42.0. The van der Waals surface area contributed by atoms with Crippen LogP contribution in [0.15, 0.2) is 109 Å². The van der Waals surface area contributed by atoms with Crippen molar-refractivity contribution in [2.45, 2.75) is 180 Å². The number of rotatable bonds is 40. The largest absolute Gasteiger partial charge is 0.480 e. The third-order valence-corrected chi connectivity index (χ3v) is 9.49. The van der Waals surface area contributed by atoms with E-state index in [2.05, 4.69) is 128 Å². The fraction of sp³-hybridized carbons (Fsp3) is 0.577. The zero-order valence-corrected chi connectivity index (χ0v) is 37.9. The SMILES string of the molecule is CC/C=C\C/C=C\C/C=C\C/C=C\C/C=C\C/C=C\C/C=C\CCCC(=O)OC(/C=C\C/C=C\CCCCCC)CCCCCCCCC(=O)NCC(=O)NC(CO)C(=O)O. The molecule has 0 aromatic rings. The molecule has 342 valence electrons. The Bertz CT molecular complexity index is 1390. The van der Waals surface area contributed by atoms with E-state index in [-0.39, 0.29) is 30.9 Å². The van der Waals surface area contributed by atoms with Crippen LogP contribution < -0.4 is 10.6 Å². The molecule has 2 unspecified atom stereocenters. The van der Waals surface area contributed by atoms with Crippen LogP contribution in [0.2, 0.25) is 0 Å². The minimum absolute atomic E-state index is 0.155. The molecule has 0 aliphatic heterocycles. The lowest BCUT2D eigenvalue weighted by Crippen LogP contribution is -2.47. The molecule has 61 heavy (non-hydrogen) atoms. The maximum Gasteiger partial charge on any atom is 0.328 e. The summed E-state index contributed by atoms with van der Waals surface area (Å²) >= 11 is 0. The number of unbranched alkanes of at least 4 members (excludes halogenated alkanes) is 10.